The van der Waals surface area contributed by atoms with Gasteiger partial charge in [0.1, 0.15) is 11.3 Å². The molecule has 1 fully saturated rings. The highest BCUT2D eigenvalue weighted by atomic mass is 19.3. The molecule has 0 aliphatic heterocycles. The largest absolute Gasteiger partial charge is 0.465 e. The van der Waals surface area contributed by atoms with Gasteiger partial charge in [-0.25, -0.2) is 9.18 Å². The summed E-state index contributed by atoms with van der Waals surface area (Å²) in [6.07, 6.45) is -0.137. The molecule has 2 unspecified atom stereocenters. The highest BCUT2D eigenvalue weighted by Crippen LogP contribution is 2.61. The van der Waals surface area contributed by atoms with Crippen molar-refractivity contribution in [2.75, 3.05) is 7.11 Å². The van der Waals surface area contributed by atoms with Crippen LogP contribution < -0.4 is 0 Å². The predicted octanol–water partition coefficient (Wildman–Crippen LogP) is 3.04. The predicted molar refractivity (Wildman–Crippen MR) is 60.7 cm³/mol. The van der Waals surface area contributed by atoms with E-state index in [1.165, 1.54) is 38.3 Å². The number of esters is 1. The van der Waals surface area contributed by atoms with E-state index in [0.29, 0.717) is 0 Å². The van der Waals surface area contributed by atoms with E-state index in [-0.39, 0.29) is 17.5 Å². The summed E-state index contributed by atoms with van der Waals surface area (Å²) in [5.74, 6) is -0.547. The fourth-order valence-corrected chi connectivity index (χ4v) is 2.20. The Morgan fingerprint density at radius 1 is 1.32 bits per heavy atom. The van der Waals surface area contributed by atoms with E-state index in [0.717, 1.165) is 0 Å². The first-order valence-electron chi connectivity index (χ1n) is 5.66. The van der Waals surface area contributed by atoms with E-state index in [2.05, 4.69) is 9.47 Å². The molecule has 0 spiro atoms. The molecule has 1 aromatic carbocycles. The van der Waals surface area contributed by atoms with Crippen molar-refractivity contribution >= 4 is 5.97 Å². The molecule has 104 valence electrons. The van der Waals surface area contributed by atoms with Gasteiger partial charge in [0, 0.05) is 6.42 Å². The molecule has 3 nitrogen and oxygen atoms in total. The third-order valence-electron chi connectivity index (χ3n) is 3.36. The van der Waals surface area contributed by atoms with Gasteiger partial charge in [0.15, 0.2) is 0 Å². The molecule has 0 N–H and O–H groups in total. The van der Waals surface area contributed by atoms with Crippen LogP contribution in [0.4, 0.5) is 13.2 Å². The van der Waals surface area contributed by atoms with Gasteiger partial charge in [0.05, 0.1) is 12.7 Å². The second-order valence-corrected chi connectivity index (χ2v) is 4.65. The van der Waals surface area contributed by atoms with Crippen LogP contribution in [0.5, 0.6) is 0 Å². The van der Waals surface area contributed by atoms with Gasteiger partial charge in [0.25, 0.3) is 0 Å². The van der Waals surface area contributed by atoms with Crippen LogP contribution in [0.1, 0.15) is 29.3 Å². The molecule has 1 aliphatic carbocycles. The lowest BCUT2D eigenvalue weighted by molar-refractivity contribution is -0.189. The molecule has 0 saturated heterocycles. The molecule has 6 heteroatoms. The van der Waals surface area contributed by atoms with Crippen LogP contribution in [-0.4, -0.2) is 25.4 Å². The number of ether oxygens (including phenoxy) is 2. The van der Waals surface area contributed by atoms with Crippen molar-refractivity contribution in [2.45, 2.75) is 31.2 Å². The molecule has 2 atom stereocenters. The smallest absolute Gasteiger partial charge is 0.346 e. The maximum atomic E-state index is 13.9. The Bertz CT molecular complexity index is 484. The number of benzene rings is 1. The molecule has 0 amide bonds. The van der Waals surface area contributed by atoms with Crippen LogP contribution in [0.2, 0.25) is 0 Å². The van der Waals surface area contributed by atoms with Crippen molar-refractivity contribution in [3.05, 3.63) is 35.4 Å². The van der Waals surface area contributed by atoms with Gasteiger partial charge in [-0.2, -0.15) is 8.78 Å². The van der Waals surface area contributed by atoms with Crippen molar-refractivity contribution in [2.24, 2.45) is 0 Å². The Morgan fingerprint density at radius 3 is 2.21 bits per heavy atom. The van der Waals surface area contributed by atoms with Crippen molar-refractivity contribution < 1.29 is 27.4 Å². The lowest BCUT2D eigenvalue weighted by atomic mass is 10.0. The molecule has 0 heterocycles. The maximum Gasteiger partial charge on any atom is 0.346 e. The number of hydrogen-bond acceptors (Lipinski definition) is 3. The number of alkyl halides is 3. The molecule has 1 aromatic rings. The van der Waals surface area contributed by atoms with Crippen LogP contribution in [0.3, 0.4) is 0 Å². The van der Waals surface area contributed by atoms with E-state index >= 15 is 0 Å². The SMILES string of the molecule is COC(=O)c1ccc(C2(OC(F)F)CC2(C)F)cc1. The molecular formula is C13H13F3O3. The topological polar surface area (TPSA) is 35.5 Å². The van der Waals surface area contributed by atoms with Crippen molar-refractivity contribution in [1.82, 2.24) is 0 Å². The standard InChI is InChI=1S/C13H13F3O3/c1-12(16)7-13(12,19-11(14)15)9-5-3-8(4-6-9)10(17)18-2/h3-6,11H,7H2,1-2H3. The van der Waals surface area contributed by atoms with Gasteiger partial charge in [-0.15, -0.1) is 0 Å². The lowest BCUT2D eigenvalue weighted by Gasteiger charge is -2.19. The maximum absolute atomic E-state index is 13.9. The fourth-order valence-electron chi connectivity index (χ4n) is 2.20. The Kier molecular flexibility index (Phi) is 3.30. The van der Waals surface area contributed by atoms with Crippen molar-refractivity contribution in [3.8, 4) is 0 Å². The first-order chi connectivity index (χ1) is 8.82. The average molecular weight is 274 g/mol. The highest BCUT2D eigenvalue weighted by molar-refractivity contribution is 5.89. The summed E-state index contributed by atoms with van der Waals surface area (Å²) in [6, 6.07) is 5.59. The normalized spacial score (nSPS) is 29.4. The summed E-state index contributed by atoms with van der Waals surface area (Å²) in [5, 5.41) is 0. The van der Waals surface area contributed by atoms with Crippen LogP contribution >= 0.6 is 0 Å². The summed E-state index contributed by atoms with van der Waals surface area (Å²) >= 11 is 0. The first-order valence-corrected chi connectivity index (χ1v) is 5.66. The molecule has 0 radical (unpaired) electrons. The van der Waals surface area contributed by atoms with Crippen molar-refractivity contribution in [3.63, 3.8) is 0 Å². The number of carbonyl (C=O) groups excluding carboxylic acids is 1. The summed E-state index contributed by atoms with van der Waals surface area (Å²) in [5.41, 5.74) is -2.92. The zero-order valence-corrected chi connectivity index (χ0v) is 10.5. The molecular weight excluding hydrogens is 261 g/mol. The summed E-state index contributed by atoms with van der Waals surface area (Å²) in [4.78, 5) is 11.2. The van der Waals surface area contributed by atoms with Crippen LogP contribution in [-0.2, 0) is 15.1 Å². The van der Waals surface area contributed by atoms with Gasteiger partial charge >= 0.3 is 12.6 Å². The fraction of sp³-hybridized carbons (Fsp3) is 0.462. The molecule has 0 aromatic heterocycles. The zero-order chi connectivity index (χ0) is 14.3. The Labute approximate surface area is 108 Å². The van der Waals surface area contributed by atoms with Crippen LogP contribution in [0, 0.1) is 0 Å². The zero-order valence-electron chi connectivity index (χ0n) is 10.5. The van der Waals surface area contributed by atoms with E-state index < -0.39 is 23.9 Å². The van der Waals surface area contributed by atoms with E-state index in [9.17, 15) is 18.0 Å². The van der Waals surface area contributed by atoms with Gasteiger partial charge in [-0.05, 0) is 24.6 Å². The first kappa shape index (κ1) is 13.9. The van der Waals surface area contributed by atoms with Gasteiger partial charge in [-0.3, -0.25) is 0 Å². The summed E-state index contributed by atoms with van der Waals surface area (Å²) in [6.45, 7) is -1.85. The van der Waals surface area contributed by atoms with E-state index in [4.69, 9.17) is 0 Å². The quantitative estimate of drug-likeness (QED) is 0.792. The van der Waals surface area contributed by atoms with Crippen molar-refractivity contribution in [1.29, 1.82) is 0 Å². The Balaban J connectivity index is 2.28. The number of hydrogen-bond donors (Lipinski definition) is 0. The second kappa shape index (κ2) is 4.52. The minimum atomic E-state index is -3.06. The second-order valence-electron chi connectivity index (χ2n) is 4.65. The highest BCUT2D eigenvalue weighted by Gasteiger charge is 2.69. The Hall–Kier alpha value is -1.56. The van der Waals surface area contributed by atoms with Gasteiger partial charge < -0.3 is 9.47 Å². The monoisotopic (exact) mass is 274 g/mol. The van der Waals surface area contributed by atoms with Crippen LogP contribution in [0.25, 0.3) is 0 Å². The number of halogens is 3. The minimum Gasteiger partial charge on any atom is -0.465 e. The minimum absolute atomic E-state index is 0.137. The van der Waals surface area contributed by atoms with Crippen LogP contribution in [0.15, 0.2) is 24.3 Å². The number of carbonyl (C=O) groups is 1. The third-order valence-corrected chi connectivity index (χ3v) is 3.36. The molecule has 2 rings (SSSR count). The molecule has 19 heavy (non-hydrogen) atoms. The molecule has 1 saturated carbocycles. The summed E-state index contributed by atoms with van der Waals surface area (Å²) < 4.78 is 47.7. The van der Waals surface area contributed by atoms with Gasteiger partial charge in [-0.1, -0.05) is 12.1 Å². The van der Waals surface area contributed by atoms with E-state index in [1.54, 1.807) is 0 Å². The average Bonchev–Trinajstić information content (AvgIpc) is 2.90. The lowest BCUT2D eigenvalue weighted by Crippen LogP contribution is -2.24. The molecule has 1 aliphatic rings. The molecule has 0 bridgehead atoms. The number of methoxy groups -OCH3 is 1. The van der Waals surface area contributed by atoms with E-state index in [1.807, 2.05) is 0 Å². The number of rotatable bonds is 4. The Morgan fingerprint density at radius 2 is 1.84 bits per heavy atom. The summed E-state index contributed by atoms with van der Waals surface area (Å²) in [7, 11) is 1.23. The third kappa shape index (κ3) is 2.32. The van der Waals surface area contributed by atoms with Gasteiger partial charge in [0.2, 0.25) is 0 Å².